The summed E-state index contributed by atoms with van der Waals surface area (Å²) in [4.78, 5) is 9.06. The van der Waals surface area contributed by atoms with E-state index in [0.717, 1.165) is 37.7 Å². The highest BCUT2D eigenvalue weighted by Crippen LogP contribution is 2.25. The molecule has 27 heavy (non-hydrogen) atoms. The molecule has 0 saturated carbocycles. The number of halogens is 1. The lowest BCUT2D eigenvalue weighted by Gasteiger charge is -2.36. The van der Waals surface area contributed by atoms with Crippen LogP contribution in [0.3, 0.4) is 0 Å². The van der Waals surface area contributed by atoms with Crippen molar-refractivity contribution in [2.45, 2.75) is 26.8 Å². The quantitative estimate of drug-likeness (QED) is 0.761. The van der Waals surface area contributed by atoms with Gasteiger partial charge in [-0.1, -0.05) is 17.3 Å². The highest BCUT2D eigenvalue weighted by atomic mass is 19.1. The van der Waals surface area contributed by atoms with Crippen molar-refractivity contribution in [1.29, 1.82) is 0 Å². The van der Waals surface area contributed by atoms with Crippen LogP contribution in [0.25, 0.3) is 11.4 Å². The summed E-state index contributed by atoms with van der Waals surface area (Å²) in [5.74, 6) is 1.69. The van der Waals surface area contributed by atoms with E-state index in [1.165, 1.54) is 6.07 Å². The van der Waals surface area contributed by atoms with Crippen molar-refractivity contribution in [3.05, 3.63) is 47.2 Å². The summed E-state index contributed by atoms with van der Waals surface area (Å²) in [6.07, 6.45) is 0. The number of rotatable bonds is 4. The number of hydrogen-bond acceptors (Lipinski definition) is 6. The number of nitrogens with one attached hydrogen (secondary N) is 1. The van der Waals surface area contributed by atoms with Crippen LogP contribution in [0, 0.1) is 19.7 Å². The Balaban J connectivity index is 1.42. The van der Waals surface area contributed by atoms with E-state index >= 15 is 0 Å². The van der Waals surface area contributed by atoms with Gasteiger partial charge in [-0.15, -0.1) is 0 Å². The van der Waals surface area contributed by atoms with Gasteiger partial charge in [0.05, 0.1) is 6.04 Å². The summed E-state index contributed by atoms with van der Waals surface area (Å²) in [5.41, 5.74) is 2.28. The lowest BCUT2D eigenvalue weighted by atomic mass is 10.1. The third-order valence-electron chi connectivity index (χ3n) is 5.11. The third-order valence-corrected chi connectivity index (χ3v) is 5.11. The van der Waals surface area contributed by atoms with Crippen LogP contribution in [-0.2, 0) is 0 Å². The average Bonchev–Trinajstić information content (AvgIpc) is 3.33. The molecule has 1 N–H and O–H groups in total. The van der Waals surface area contributed by atoms with Crippen LogP contribution in [0.2, 0.25) is 0 Å². The molecule has 7 nitrogen and oxygen atoms in total. The Kier molecular flexibility index (Phi) is 4.65. The van der Waals surface area contributed by atoms with Crippen LogP contribution in [0.4, 0.5) is 10.2 Å². The fraction of sp³-hybridized carbons (Fsp3) is 0.421. The van der Waals surface area contributed by atoms with Crippen molar-refractivity contribution in [3.8, 4) is 11.4 Å². The van der Waals surface area contributed by atoms with Crippen molar-refractivity contribution in [2.75, 3.05) is 31.1 Å². The SMILES string of the molecule is Cc1cc(N2CCN([C@H](C)c3nc(-c4ccc(C)c(F)c4)no3)CC2)n[nH]1. The maximum absolute atomic E-state index is 13.8. The van der Waals surface area contributed by atoms with E-state index in [4.69, 9.17) is 4.52 Å². The smallest absolute Gasteiger partial charge is 0.244 e. The molecule has 0 amide bonds. The summed E-state index contributed by atoms with van der Waals surface area (Å²) in [6, 6.07) is 7.04. The molecule has 0 unspecified atom stereocenters. The van der Waals surface area contributed by atoms with Gasteiger partial charge in [-0.3, -0.25) is 10.00 Å². The summed E-state index contributed by atoms with van der Waals surface area (Å²) in [7, 11) is 0. The third kappa shape index (κ3) is 3.57. The van der Waals surface area contributed by atoms with Crippen molar-refractivity contribution in [1.82, 2.24) is 25.2 Å². The minimum Gasteiger partial charge on any atom is -0.353 e. The van der Waals surface area contributed by atoms with E-state index in [1.807, 2.05) is 13.0 Å². The van der Waals surface area contributed by atoms with Crippen molar-refractivity contribution in [2.24, 2.45) is 0 Å². The van der Waals surface area contributed by atoms with Crippen LogP contribution in [0.5, 0.6) is 0 Å². The Bertz CT molecular complexity index is 928. The van der Waals surface area contributed by atoms with Crippen LogP contribution in [-0.4, -0.2) is 51.4 Å². The topological polar surface area (TPSA) is 74.1 Å². The highest BCUT2D eigenvalue weighted by Gasteiger charge is 2.26. The van der Waals surface area contributed by atoms with Crippen LogP contribution in [0.15, 0.2) is 28.8 Å². The lowest BCUT2D eigenvalue weighted by molar-refractivity contribution is 0.164. The molecule has 3 aromatic rings. The maximum Gasteiger partial charge on any atom is 0.244 e. The van der Waals surface area contributed by atoms with Gasteiger partial charge >= 0.3 is 0 Å². The maximum atomic E-state index is 13.8. The minimum atomic E-state index is -0.267. The number of hydrogen-bond donors (Lipinski definition) is 1. The largest absolute Gasteiger partial charge is 0.353 e. The summed E-state index contributed by atoms with van der Waals surface area (Å²) in [5, 5.41) is 11.3. The van der Waals surface area contributed by atoms with Crippen molar-refractivity contribution < 1.29 is 8.91 Å². The normalized spacial score (nSPS) is 16.7. The molecule has 0 radical (unpaired) electrons. The number of piperazine rings is 1. The predicted molar refractivity (Wildman–Crippen MR) is 100.0 cm³/mol. The number of nitrogens with zero attached hydrogens (tertiary/aromatic N) is 5. The second-order valence-electron chi connectivity index (χ2n) is 7.03. The van der Waals surface area contributed by atoms with Gasteiger partial charge in [-0.2, -0.15) is 10.1 Å². The minimum absolute atomic E-state index is 0.00427. The molecule has 1 saturated heterocycles. The number of aryl methyl sites for hydroxylation is 2. The fourth-order valence-electron chi connectivity index (χ4n) is 3.31. The van der Waals surface area contributed by atoms with E-state index < -0.39 is 0 Å². The second kappa shape index (κ2) is 7.11. The van der Waals surface area contributed by atoms with Gasteiger partial charge in [-0.25, -0.2) is 4.39 Å². The van der Waals surface area contributed by atoms with E-state index in [9.17, 15) is 4.39 Å². The highest BCUT2D eigenvalue weighted by molar-refractivity contribution is 5.55. The molecule has 1 fully saturated rings. The number of aromatic amines is 1. The van der Waals surface area contributed by atoms with E-state index in [2.05, 4.69) is 43.1 Å². The summed E-state index contributed by atoms with van der Waals surface area (Å²) in [6.45, 7) is 9.32. The van der Waals surface area contributed by atoms with Gasteiger partial charge < -0.3 is 9.42 Å². The molecule has 1 aliphatic rings. The Labute approximate surface area is 157 Å². The van der Waals surface area contributed by atoms with Crippen molar-refractivity contribution >= 4 is 5.82 Å². The first-order chi connectivity index (χ1) is 13.0. The average molecular weight is 370 g/mol. The van der Waals surface area contributed by atoms with Crippen LogP contribution in [0.1, 0.15) is 30.1 Å². The molecule has 8 heteroatoms. The molecule has 0 spiro atoms. The molecule has 2 aromatic heterocycles. The standard InChI is InChI=1S/C19H23FN6O/c1-12-4-5-15(11-16(12)20)18-21-19(27-24-18)14(3)25-6-8-26(9-7-25)17-10-13(2)22-23-17/h4-5,10-11,14H,6-9H2,1-3H3,(H,22,23)/t14-/m1/s1. The number of aromatic nitrogens is 4. The molecule has 4 rings (SSSR count). The predicted octanol–water partition coefficient (Wildman–Crippen LogP) is 3.10. The first-order valence-electron chi connectivity index (χ1n) is 9.12. The number of anilines is 1. The molecule has 0 bridgehead atoms. The lowest BCUT2D eigenvalue weighted by Crippen LogP contribution is -2.47. The first-order valence-corrected chi connectivity index (χ1v) is 9.12. The monoisotopic (exact) mass is 370 g/mol. The molecular weight excluding hydrogens is 347 g/mol. The van der Waals surface area contributed by atoms with E-state index in [1.54, 1.807) is 13.0 Å². The molecule has 0 aliphatic carbocycles. The van der Waals surface area contributed by atoms with Gasteiger partial charge in [0.1, 0.15) is 5.82 Å². The first kappa shape index (κ1) is 17.7. The molecular formula is C19H23FN6O. The Morgan fingerprint density at radius 3 is 2.59 bits per heavy atom. The van der Waals surface area contributed by atoms with Gasteiger partial charge in [0.2, 0.25) is 11.7 Å². The number of H-pyrrole nitrogens is 1. The van der Waals surface area contributed by atoms with Crippen LogP contribution < -0.4 is 4.90 Å². The zero-order valence-corrected chi connectivity index (χ0v) is 15.7. The summed E-state index contributed by atoms with van der Waals surface area (Å²) < 4.78 is 19.3. The van der Waals surface area contributed by atoms with Crippen LogP contribution >= 0.6 is 0 Å². The Morgan fingerprint density at radius 1 is 1.15 bits per heavy atom. The number of benzene rings is 1. The van der Waals surface area contributed by atoms with Gasteiger partial charge in [0.15, 0.2) is 5.82 Å². The zero-order chi connectivity index (χ0) is 19.0. The molecule has 1 atom stereocenters. The Morgan fingerprint density at radius 2 is 1.93 bits per heavy atom. The molecule has 1 aromatic carbocycles. The second-order valence-corrected chi connectivity index (χ2v) is 7.03. The molecule has 142 valence electrons. The summed E-state index contributed by atoms with van der Waals surface area (Å²) >= 11 is 0. The fourth-order valence-corrected chi connectivity index (χ4v) is 3.31. The van der Waals surface area contributed by atoms with Crippen molar-refractivity contribution in [3.63, 3.8) is 0 Å². The van der Waals surface area contributed by atoms with Gasteiger partial charge in [0.25, 0.3) is 0 Å². The van der Waals surface area contributed by atoms with Gasteiger partial charge in [0, 0.05) is 43.5 Å². The molecule has 3 heterocycles. The Hall–Kier alpha value is -2.74. The zero-order valence-electron chi connectivity index (χ0n) is 15.7. The van der Waals surface area contributed by atoms with E-state index in [-0.39, 0.29) is 11.9 Å². The molecule has 1 aliphatic heterocycles. The van der Waals surface area contributed by atoms with Gasteiger partial charge in [-0.05, 0) is 32.4 Å². The van der Waals surface area contributed by atoms with E-state index in [0.29, 0.717) is 22.8 Å².